The summed E-state index contributed by atoms with van der Waals surface area (Å²) in [6.45, 7) is 0.499. The minimum absolute atomic E-state index is 0.415. The molecule has 0 aliphatic rings. The van der Waals surface area contributed by atoms with Gasteiger partial charge in [0, 0.05) is 23.7 Å². The third kappa shape index (κ3) is 4.06. The molecule has 0 aliphatic heterocycles. The Morgan fingerprint density at radius 2 is 1.82 bits per heavy atom. The number of hydrogen-bond acceptors (Lipinski definition) is 8. The molecule has 34 heavy (non-hydrogen) atoms. The summed E-state index contributed by atoms with van der Waals surface area (Å²) in [7, 11) is 3.21. The van der Waals surface area contributed by atoms with E-state index in [-0.39, 0.29) is 0 Å². The predicted molar refractivity (Wildman–Crippen MR) is 126 cm³/mol. The van der Waals surface area contributed by atoms with Crippen molar-refractivity contribution >= 4 is 17.9 Å². The minimum Gasteiger partial charge on any atom is -0.493 e. The third-order valence-electron chi connectivity index (χ3n) is 5.32. The van der Waals surface area contributed by atoms with E-state index in [2.05, 4.69) is 20.4 Å². The molecule has 0 atom stereocenters. The van der Waals surface area contributed by atoms with Crippen LogP contribution < -0.4 is 14.8 Å². The van der Waals surface area contributed by atoms with Crippen LogP contribution in [0, 0.1) is 0 Å². The number of fused-ring (bicyclic) bond motifs is 1. The second-order valence-electron chi connectivity index (χ2n) is 7.43. The third-order valence-corrected chi connectivity index (χ3v) is 5.32. The molecule has 0 radical (unpaired) electrons. The lowest BCUT2D eigenvalue weighted by Crippen LogP contribution is -2.07. The van der Waals surface area contributed by atoms with E-state index in [9.17, 15) is 4.79 Å². The first-order valence-corrected chi connectivity index (χ1v) is 10.5. The lowest BCUT2D eigenvalue weighted by Gasteiger charge is -2.12. The molecule has 0 saturated heterocycles. The molecule has 9 heteroatoms. The zero-order valence-electron chi connectivity index (χ0n) is 18.6. The van der Waals surface area contributed by atoms with Gasteiger partial charge in [0.15, 0.2) is 17.3 Å². The molecule has 9 nitrogen and oxygen atoms in total. The van der Waals surface area contributed by atoms with E-state index in [1.54, 1.807) is 49.3 Å². The van der Waals surface area contributed by atoms with E-state index in [0.717, 1.165) is 17.4 Å². The number of benzene rings is 2. The van der Waals surface area contributed by atoms with Crippen LogP contribution in [0.5, 0.6) is 11.5 Å². The predicted octanol–water partition coefficient (Wildman–Crippen LogP) is 4.49. The smallest absolute Gasteiger partial charge is 0.255 e. The summed E-state index contributed by atoms with van der Waals surface area (Å²) in [4.78, 5) is 20.3. The van der Waals surface area contributed by atoms with E-state index in [1.165, 1.54) is 0 Å². The normalized spacial score (nSPS) is 10.9. The summed E-state index contributed by atoms with van der Waals surface area (Å²) in [5.41, 5.74) is 3.13. The molecule has 0 unspecified atom stereocenters. The van der Waals surface area contributed by atoms with Crippen molar-refractivity contribution in [3.8, 4) is 34.3 Å². The largest absolute Gasteiger partial charge is 0.493 e. The number of hydrogen-bond donors (Lipinski definition) is 1. The lowest BCUT2D eigenvalue weighted by molar-refractivity contribution is 0.112. The first-order valence-electron chi connectivity index (χ1n) is 10.5. The molecular formula is C25H21N5O4. The number of nitrogens with one attached hydrogen (secondary N) is 1. The molecule has 3 heterocycles. The highest BCUT2D eigenvalue weighted by atomic mass is 16.5. The SMILES string of the molecule is COc1ccc(CNc2cc(-c3ccc(C=O)cc3)nc3nc(-c4ccco4)nn23)cc1OC. The fourth-order valence-corrected chi connectivity index (χ4v) is 3.57. The molecule has 2 aromatic carbocycles. The monoisotopic (exact) mass is 455 g/mol. The average molecular weight is 455 g/mol. The van der Waals surface area contributed by atoms with Crippen molar-refractivity contribution in [3.05, 3.63) is 78.1 Å². The summed E-state index contributed by atoms with van der Waals surface area (Å²) in [5.74, 6) is 3.41. The second kappa shape index (κ2) is 9.07. The van der Waals surface area contributed by atoms with Crippen molar-refractivity contribution in [1.82, 2.24) is 19.6 Å². The van der Waals surface area contributed by atoms with Gasteiger partial charge in [0.25, 0.3) is 5.78 Å². The van der Waals surface area contributed by atoms with Crippen molar-refractivity contribution in [2.24, 2.45) is 0 Å². The van der Waals surface area contributed by atoms with Gasteiger partial charge in [0.05, 0.1) is 26.2 Å². The maximum absolute atomic E-state index is 11.0. The molecule has 5 aromatic rings. The van der Waals surface area contributed by atoms with Crippen LogP contribution in [0.1, 0.15) is 15.9 Å². The highest BCUT2D eigenvalue weighted by molar-refractivity contribution is 5.77. The average Bonchev–Trinajstić information content (AvgIpc) is 3.57. The van der Waals surface area contributed by atoms with Crippen LogP contribution in [-0.4, -0.2) is 40.1 Å². The molecule has 5 rings (SSSR count). The van der Waals surface area contributed by atoms with E-state index in [0.29, 0.717) is 52.5 Å². The van der Waals surface area contributed by atoms with Crippen molar-refractivity contribution in [3.63, 3.8) is 0 Å². The van der Waals surface area contributed by atoms with Crippen LogP contribution in [0.25, 0.3) is 28.6 Å². The van der Waals surface area contributed by atoms with Crippen molar-refractivity contribution in [2.75, 3.05) is 19.5 Å². The van der Waals surface area contributed by atoms with Crippen LogP contribution in [-0.2, 0) is 6.54 Å². The van der Waals surface area contributed by atoms with Crippen LogP contribution in [0.15, 0.2) is 71.3 Å². The Hall–Kier alpha value is -4.66. The molecular weight excluding hydrogens is 434 g/mol. The van der Waals surface area contributed by atoms with Gasteiger partial charge < -0.3 is 19.2 Å². The van der Waals surface area contributed by atoms with Gasteiger partial charge in [-0.05, 0) is 29.8 Å². The number of carbonyl (C=O) groups is 1. The Balaban J connectivity index is 1.54. The topological polar surface area (TPSA) is 104 Å². The maximum Gasteiger partial charge on any atom is 0.255 e. The fourth-order valence-electron chi connectivity index (χ4n) is 3.57. The van der Waals surface area contributed by atoms with E-state index >= 15 is 0 Å². The van der Waals surface area contributed by atoms with Crippen LogP contribution >= 0.6 is 0 Å². The van der Waals surface area contributed by atoms with Gasteiger partial charge in [0.2, 0.25) is 5.82 Å². The number of rotatable bonds is 8. The summed E-state index contributed by atoms with van der Waals surface area (Å²) >= 11 is 0. The minimum atomic E-state index is 0.415. The Bertz CT molecular complexity index is 1440. The summed E-state index contributed by atoms with van der Waals surface area (Å²) in [6.07, 6.45) is 2.38. The molecule has 1 N–H and O–H groups in total. The zero-order chi connectivity index (χ0) is 23.5. The van der Waals surface area contributed by atoms with Gasteiger partial charge in [-0.25, -0.2) is 4.98 Å². The quantitative estimate of drug-likeness (QED) is 0.341. The second-order valence-corrected chi connectivity index (χ2v) is 7.43. The number of nitrogens with zero attached hydrogens (tertiary/aromatic N) is 4. The molecule has 0 fully saturated rings. The van der Waals surface area contributed by atoms with E-state index in [1.807, 2.05) is 36.4 Å². The van der Waals surface area contributed by atoms with E-state index in [4.69, 9.17) is 13.9 Å². The maximum atomic E-state index is 11.0. The van der Waals surface area contributed by atoms with E-state index < -0.39 is 0 Å². The van der Waals surface area contributed by atoms with Gasteiger partial charge in [-0.2, -0.15) is 9.50 Å². The molecule has 0 bridgehead atoms. The molecule has 0 amide bonds. The number of aldehydes is 1. The summed E-state index contributed by atoms with van der Waals surface area (Å²) in [5, 5.41) is 8.01. The zero-order valence-corrected chi connectivity index (χ0v) is 18.6. The van der Waals surface area contributed by atoms with Gasteiger partial charge in [-0.3, -0.25) is 4.79 Å². The lowest BCUT2D eigenvalue weighted by atomic mass is 10.1. The molecule has 0 spiro atoms. The Morgan fingerprint density at radius 1 is 1.00 bits per heavy atom. The van der Waals surface area contributed by atoms with Crippen LogP contribution in [0.3, 0.4) is 0 Å². The van der Waals surface area contributed by atoms with Crippen LogP contribution in [0.2, 0.25) is 0 Å². The highest BCUT2D eigenvalue weighted by Gasteiger charge is 2.15. The van der Waals surface area contributed by atoms with Crippen molar-refractivity contribution in [2.45, 2.75) is 6.54 Å². The number of furan rings is 1. The molecule has 3 aromatic heterocycles. The molecule has 0 saturated carbocycles. The van der Waals surface area contributed by atoms with Crippen LogP contribution in [0.4, 0.5) is 5.82 Å². The van der Waals surface area contributed by atoms with Crippen molar-refractivity contribution < 1.29 is 18.7 Å². The van der Waals surface area contributed by atoms with Gasteiger partial charge in [-0.1, -0.05) is 30.3 Å². The van der Waals surface area contributed by atoms with Gasteiger partial charge >= 0.3 is 0 Å². The fraction of sp³-hybridized carbons (Fsp3) is 0.120. The van der Waals surface area contributed by atoms with Crippen molar-refractivity contribution in [1.29, 1.82) is 0 Å². The Labute approximate surface area is 195 Å². The number of ether oxygens (including phenoxy) is 2. The van der Waals surface area contributed by atoms with Gasteiger partial charge in [0.1, 0.15) is 12.1 Å². The first-order chi connectivity index (χ1) is 16.7. The first kappa shape index (κ1) is 21.2. The molecule has 170 valence electrons. The highest BCUT2D eigenvalue weighted by Crippen LogP contribution is 2.29. The number of anilines is 1. The Morgan fingerprint density at radius 3 is 2.53 bits per heavy atom. The Kier molecular flexibility index (Phi) is 5.65. The molecule has 0 aliphatic carbocycles. The van der Waals surface area contributed by atoms with Gasteiger partial charge in [-0.15, -0.1) is 5.10 Å². The number of carbonyl (C=O) groups excluding carboxylic acids is 1. The summed E-state index contributed by atoms with van der Waals surface area (Å²) in [6, 6.07) is 18.4. The number of methoxy groups -OCH3 is 2. The number of aromatic nitrogens is 4. The summed E-state index contributed by atoms with van der Waals surface area (Å²) < 4.78 is 17.8. The standard InChI is InChI=1S/C25H21N5O4/c1-32-20-10-7-17(12-22(20)33-2)14-26-23-13-19(18-8-5-16(15-31)6-9-18)27-25-28-24(29-30(23)25)21-4-3-11-34-21/h3-13,15,26H,14H2,1-2H3.